The smallest absolute Gasteiger partial charge is 0.0624 e. The quantitative estimate of drug-likeness (QED) is 0.618. The molecule has 0 aromatic carbocycles. The third-order valence-electron chi connectivity index (χ3n) is 2.87. The maximum Gasteiger partial charge on any atom is 0.0624 e. The number of hydrogen-bond acceptors (Lipinski definition) is 4. The molecule has 1 N–H and O–H groups in total. The van der Waals surface area contributed by atoms with Crippen molar-refractivity contribution >= 4 is 17.0 Å². The van der Waals surface area contributed by atoms with E-state index in [-0.39, 0.29) is 0 Å². The van der Waals surface area contributed by atoms with E-state index in [9.17, 15) is 0 Å². The lowest BCUT2D eigenvalue weighted by Crippen LogP contribution is -2.38. The van der Waals surface area contributed by atoms with Gasteiger partial charge in [-0.3, -0.25) is 4.90 Å². The van der Waals surface area contributed by atoms with Crippen LogP contribution >= 0.6 is 11.3 Å². The number of piperidine rings is 1. The zero-order valence-electron chi connectivity index (χ0n) is 8.89. The van der Waals surface area contributed by atoms with Crippen LogP contribution in [0.25, 0.3) is 0 Å². The molecule has 82 valence electrons. The van der Waals surface area contributed by atoms with Gasteiger partial charge >= 0.3 is 0 Å². The van der Waals surface area contributed by atoms with Gasteiger partial charge in [0.2, 0.25) is 0 Å². The largest absolute Gasteiger partial charge is 0.411 e. The van der Waals surface area contributed by atoms with Gasteiger partial charge in [0, 0.05) is 36.9 Å². The Morgan fingerprint density at radius 3 is 3.13 bits per heavy atom. The zero-order chi connectivity index (χ0) is 10.7. The van der Waals surface area contributed by atoms with Crippen LogP contribution < -0.4 is 0 Å². The summed E-state index contributed by atoms with van der Waals surface area (Å²) in [5, 5.41) is 14.2. The molecule has 0 spiro atoms. The molecule has 1 saturated heterocycles. The van der Waals surface area contributed by atoms with Crippen LogP contribution in [0.5, 0.6) is 0 Å². The molecule has 0 saturated carbocycles. The summed E-state index contributed by atoms with van der Waals surface area (Å²) >= 11 is 1.80. The fourth-order valence-corrected chi connectivity index (χ4v) is 2.76. The Labute approximate surface area is 94.0 Å². The van der Waals surface area contributed by atoms with E-state index in [1.165, 1.54) is 4.88 Å². The second kappa shape index (κ2) is 4.77. The van der Waals surface area contributed by atoms with E-state index in [1.807, 2.05) is 0 Å². The molecule has 1 aromatic rings. The van der Waals surface area contributed by atoms with Gasteiger partial charge in [-0.15, -0.1) is 11.3 Å². The highest BCUT2D eigenvalue weighted by Crippen LogP contribution is 2.18. The summed E-state index contributed by atoms with van der Waals surface area (Å²) in [6.07, 6.45) is 0.892. The number of nitrogens with zero attached hydrogens (tertiary/aromatic N) is 2. The molecule has 1 atom stereocenters. The first-order chi connectivity index (χ1) is 7.29. The van der Waals surface area contributed by atoms with Gasteiger partial charge in [-0.1, -0.05) is 18.1 Å². The molecule has 2 rings (SSSR count). The zero-order valence-corrected chi connectivity index (χ0v) is 9.70. The summed E-state index contributed by atoms with van der Waals surface area (Å²) in [6.45, 7) is 5.15. The molecule has 1 aliphatic heterocycles. The van der Waals surface area contributed by atoms with Crippen molar-refractivity contribution in [3.8, 4) is 0 Å². The molecule has 0 amide bonds. The lowest BCUT2D eigenvalue weighted by molar-refractivity contribution is 0.230. The predicted octanol–water partition coefficient (Wildman–Crippen LogP) is 2.42. The molecule has 1 unspecified atom stereocenters. The number of thiophene rings is 1. The minimum absolute atomic E-state index is 0.378. The van der Waals surface area contributed by atoms with Crippen LogP contribution in [0.1, 0.15) is 18.2 Å². The van der Waals surface area contributed by atoms with E-state index in [4.69, 9.17) is 5.21 Å². The standard InChI is InChI=1S/C11H16N2OS/c1-9-7-13(5-4-11(9)12-14)8-10-3-2-6-15-10/h2-3,6,9,14H,4-5,7-8H2,1H3/b12-11+. The van der Waals surface area contributed by atoms with E-state index in [1.54, 1.807) is 11.3 Å². The molecule has 2 heterocycles. The second-order valence-electron chi connectivity index (χ2n) is 4.06. The lowest BCUT2D eigenvalue weighted by Gasteiger charge is -2.30. The highest BCUT2D eigenvalue weighted by atomic mass is 32.1. The van der Waals surface area contributed by atoms with Crippen LogP contribution in [0, 0.1) is 5.92 Å². The highest BCUT2D eigenvalue weighted by Gasteiger charge is 2.22. The summed E-state index contributed by atoms with van der Waals surface area (Å²) in [5.74, 6) is 0.378. The number of rotatable bonds is 2. The Hall–Kier alpha value is -0.870. The van der Waals surface area contributed by atoms with Crippen LogP contribution in [0.4, 0.5) is 0 Å². The minimum Gasteiger partial charge on any atom is -0.411 e. The molecular weight excluding hydrogens is 208 g/mol. The van der Waals surface area contributed by atoms with E-state index in [0.29, 0.717) is 5.92 Å². The summed E-state index contributed by atoms with van der Waals surface area (Å²) in [6, 6.07) is 4.26. The van der Waals surface area contributed by atoms with Crippen molar-refractivity contribution in [3.05, 3.63) is 22.4 Å². The summed E-state index contributed by atoms with van der Waals surface area (Å²) in [7, 11) is 0. The average Bonchev–Trinajstić information content (AvgIpc) is 2.71. The third-order valence-corrected chi connectivity index (χ3v) is 3.73. The maximum absolute atomic E-state index is 8.78. The van der Waals surface area contributed by atoms with Gasteiger partial charge in [0.25, 0.3) is 0 Å². The maximum atomic E-state index is 8.78. The van der Waals surface area contributed by atoms with E-state index < -0.39 is 0 Å². The molecule has 15 heavy (non-hydrogen) atoms. The Bertz CT molecular complexity index is 334. The molecule has 1 aromatic heterocycles. The summed E-state index contributed by atoms with van der Waals surface area (Å²) < 4.78 is 0. The van der Waals surface area contributed by atoms with Gasteiger partial charge in [-0.2, -0.15) is 0 Å². The first-order valence-corrected chi connectivity index (χ1v) is 6.13. The van der Waals surface area contributed by atoms with Crippen molar-refractivity contribution in [1.29, 1.82) is 0 Å². The number of oxime groups is 1. The van der Waals surface area contributed by atoms with E-state index in [2.05, 4.69) is 34.5 Å². The Kier molecular flexibility index (Phi) is 3.38. The van der Waals surface area contributed by atoms with Crippen LogP contribution in [-0.2, 0) is 6.54 Å². The normalized spacial score (nSPS) is 25.9. The van der Waals surface area contributed by atoms with E-state index in [0.717, 1.165) is 31.8 Å². The fraction of sp³-hybridized carbons (Fsp3) is 0.545. The number of hydrogen-bond donors (Lipinski definition) is 1. The molecule has 0 bridgehead atoms. The van der Waals surface area contributed by atoms with Crippen LogP contribution in [0.3, 0.4) is 0 Å². The van der Waals surface area contributed by atoms with Gasteiger partial charge in [0.15, 0.2) is 0 Å². The molecule has 4 heteroatoms. The Balaban J connectivity index is 1.92. The van der Waals surface area contributed by atoms with Crippen LogP contribution in [0.2, 0.25) is 0 Å². The molecule has 0 aliphatic carbocycles. The van der Waals surface area contributed by atoms with Gasteiger partial charge in [0.05, 0.1) is 5.71 Å². The first-order valence-electron chi connectivity index (χ1n) is 5.25. The number of likely N-dealkylation sites (tertiary alicyclic amines) is 1. The minimum atomic E-state index is 0.378. The fourth-order valence-electron chi connectivity index (χ4n) is 2.02. The SMILES string of the molecule is CC1CN(Cc2cccs2)CC/C1=N\O. The van der Waals surface area contributed by atoms with Crippen LogP contribution in [0.15, 0.2) is 22.7 Å². The Morgan fingerprint density at radius 2 is 2.53 bits per heavy atom. The van der Waals surface area contributed by atoms with Crippen LogP contribution in [-0.4, -0.2) is 28.9 Å². The van der Waals surface area contributed by atoms with Crippen molar-refractivity contribution in [3.63, 3.8) is 0 Å². The van der Waals surface area contributed by atoms with Gasteiger partial charge in [-0.05, 0) is 11.4 Å². The van der Waals surface area contributed by atoms with Gasteiger partial charge in [-0.25, -0.2) is 0 Å². The van der Waals surface area contributed by atoms with E-state index >= 15 is 0 Å². The molecular formula is C11H16N2OS. The summed E-state index contributed by atoms with van der Waals surface area (Å²) in [5.41, 5.74) is 0.942. The lowest BCUT2D eigenvalue weighted by atomic mass is 9.98. The Morgan fingerprint density at radius 1 is 1.67 bits per heavy atom. The van der Waals surface area contributed by atoms with Crippen molar-refractivity contribution in [2.24, 2.45) is 11.1 Å². The highest BCUT2D eigenvalue weighted by molar-refractivity contribution is 7.09. The van der Waals surface area contributed by atoms with Crippen molar-refractivity contribution in [1.82, 2.24) is 4.90 Å². The predicted molar refractivity (Wildman–Crippen MR) is 62.6 cm³/mol. The topological polar surface area (TPSA) is 35.8 Å². The van der Waals surface area contributed by atoms with Gasteiger partial charge in [0.1, 0.15) is 0 Å². The molecule has 0 radical (unpaired) electrons. The van der Waals surface area contributed by atoms with Gasteiger partial charge < -0.3 is 5.21 Å². The van der Waals surface area contributed by atoms with Crippen molar-refractivity contribution in [2.45, 2.75) is 19.9 Å². The monoisotopic (exact) mass is 224 g/mol. The van der Waals surface area contributed by atoms with Crippen molar-refractivity contribution < 1.29 is 5.21 Å². The summed E-state index contributed by atoms with van der Waals surface area (Å²) in [4.78, 5) is 3.83. The molecule has 3 nitrogen and oxygen atoms in total. The molecule has 1 aliphatic rings. The first kappa shape index (κ1) is 10.6. The van der Waals surface area contributed by atoms with Crippen molar-refractivity contribution in [2.75, 3.05) is 13.1 Å². The average molecular weight is 224 g/mol. The third kappa shape index (κ3) is 2.58. The molecule has 1 fully saturated rings. The second-order valence-corrected chi connectivity index (χ2v) is 5.09.